The Bertz CT molecular complexity index is 504. The number of carbonyl (C=O) groups is 1. The van der Waals surface area contributed by atoms with E-state index in [1.165, 1.54) is 0 Å². The van der Waals surface area contributed by atoms with E-state index in [0.29, 0.717) is 23.7 Å². The lowest BCUT2D eigenvalue weighted by atomic mass is 10.3. The van der Waals surface area contributed by atoms with Crippen LogP contribution < -0.4 is 10.5 Å². The zero-order chi connectivity index (χ0) is 11.8. The quantitative estimate of drug-likeness (QED) is 0.783. The van der Waals surface area contributed by atoms with Crippen molar-refractivity contribution in [3.63, 3.8) is 0 Å². The number of amides is 1. The highest BCUT2D eigenvalue weighted by atomic mass is 32.2. The van der Waals surface area contributed by atoms with Crippen molar-refractivity contribution in [3.05, 3.63) is 11.1 Å². The number of primary amides is 1. The first-order chi connectivity index (χ1) is 7.47. The molecule has 1 aromatic heterocycles. The van der Waals surface area contributed by atoms with Crippen LogP contribution >= 0.6 is 11.3 Å². The van der Waals surface area contributed by atoms with Crippen LogP contribution in [0.4, 0.5) is 5.13 Å². The maximum atomic E-state index is 11.6. The standard InChI is InChI=1S/C8H11N3O3S2/c9-7(12)3-5-4-15-8(10-5)11-16(13,14)6-1-2-6/h4,6H,1-3H2,(H2,9,12)(H,10,11). The second-order valence-corrected chi connectivity index (χ2v) is 6.45. The summed E-state index contributed by atoms with van der Waals surface area (Å²) in [4.78, 5) is 14.6. The Morgan fingerprint density at radius 2 is 2.31 bits per heavy atom. The molecule has 0 radical (unpaired) electrons. The fourth-order valence-electron chi connectivity index (χ4n) is 1.20. The molecule has 16 heavy (non-hydrogen) atoms. The van der Waals surface area contributed by atoms with Crippen molar-refractivity contribution in [3.8, 4) is 0 Å². The second-order valence-electron chi connectivity index (χ2n) is 3.63. The third-order valence-corrected chi connectivity index (χ3v) is 4.86. The predicted octanol–water partition coefficient (Wildman–Crippen LogP) is 0.0750. The third-order valence-electron chi connectivity index (χ3n) is 2.10. The Balaban J connectivity index is 2.05. The zero-order valence-corrected chi connectivity index (χ0v) is 9.97. The number of anilines is 1. The predicted molar refractivity (Wildman–Crippen MR) is 60.6 cm³/mol. The van der Waals surface area contributed by atoms with Gasteiger partial charge in [0.25, 0.3) is 0 Å². The molecule has 6 nitrogen and oxygen atoms in total. The van der Waals surface area contributed by atoms with Gasteiger partial charge in [0.1, 0.15) is 0 Å². The molecule has 0 unspecified atom stereocenters. The molecule has 0 aliphatic heterocycles. The van der Waals surface area contributed by atoms with Gasteiger partial charge in [0, 0.05) is 5.38 Å². The number of nitrogens with two attached hydrogens (primary N) is 1. The molecular weight excluding hydrogens is 250 g/mol. The summed E-state index contributed by atoms with van der Waals surface area (Å²) >= 11 is 1.15. The Morgan fingerprint density at radius 3 is 2.88 bits per heavy atom. The number of hydrogen-bond donors (Lipinski definition) is 2. The Labute approximate surface area is 96.9 Å². The van der Waals surface area contributed by atoms with Crippen LogP contribution in [-0.4, -0.2) is 24.6 Å². The summed E-state index contributed by atoms with van der Waals surface area (Å²) in [6.07, 6.45) is 1.44. The molecule has 1 aromatic rings. The average Bonchev–Trinajstić information content (AvgIpc) is 2.91. The number of nitrogens with zero attached hydrogens (tertiary/aromatic N) is 1. The summed E-state index contributed by atoms with van der Waals surface area (Å²) in [7, 11) is -3.27. The summed E-state index contributed by atoms with van der Waals surface area (Å²) in [5.74, 6) is -0.484. The summed E-state index contributed by atoms with van der Waals surface area (Å²) in [5.41, 5.74) is 5.50. The molecule has 8 heteroatoms. The number of hydrogen-bond acceptors (Lipinski definition) is 5. The molecule has 1 heterocycles. The number of aromatic nitrogens is 1. The Morgan fingerprint density at radius 1 is 1.62 bits per heavy atom. The monoisotopic (exact) mass is 261 g/mol. The van der Waals surface area contributed by atoms with Crippen LogP contribution in [0, 0.1) is 0 Å². The number of thiazole rings is 1. The molecule has 3 N–H and O–H groups in total. The van der Waals surface area contributed by atoms with Crippen LogP contribution in [0.15, 0.2) is 5.38 Å². The molecule has 0 atom stereocenters. The highest BCUT2D eigenvalue weighted by molar-refractivity contribution is 7.93. The SMILES string of the molecule is NC(=O)Cc1csc(NS(=O)(=O)C2CC2)n1. The van der Waals surface area contributed by atoms with Gasteiger partial charge in [-0.05, 0) is 12.8 Å². The number of rotatable bonds is 5. The van der Waals surface area contributed by atoms with Crippen molar-refractivity contribution >= 4 is 32.4 Å². The molecule has 88 valence electrons. The lowest BCUT2D eigenvalue weighted by Crippen LogP contribution is -2.17. The zero-order valence-electron chi connectivity index (χ0n) is 8.34. The second kappa shape index (κ2) is 4.02. The Hall–Kier alpha value is -1.15. The van der Waals surface area contributed by atoms with Crippen molar-refractivity contribution in [1.82, 2.24) is 4.98 Å². The van der Waals surface area contributed by atoms with Gasteiger partial charge in [-0.25, -0.2) is 13.4 Å². The van der Waals surface area contributed by atoms with Crippen LogP contribution in [0.25, 0.3) is 0 Å². The van der Waals surface area contributed by atoms with Crippen LogP contribution in [0.3, 0.4) is 0 Å². The van der Waals surface area contributed by atoms with E-state index in [-0.39, 0.29) is 11.7 Å². The minimum atomic E-state index is -3.27. The van der Waals surface area contributed by atoms with Crippen molar-refractivity contribution in [2.45, 2.75) is 24.5 Å². The molecule has 1 amide bonds. The molecule has 0 aromatic carbocycles. The minimum absolute atomic E-state index is 0.0294. The van der Waals surface area contributed by atoms with E-state index in [1.54, 1.807) is 5.38 Å². The van der Waals surface area contributed by atoms with Crippen molar-refractivity contribution < 1.29 is 13.2 Å². The molecule has 2 rings (SSSR count). The van der Waals surface area contributed by atoms with E-state index in [2.05, 4.69) is 9.71 Å². The largest absolute Gasteiger partial charge is 0.369 e. The molecule has 0 bridgehead atoms. The van der Waals surface area contributed by atoms with Gasteiger partial charge in [0.15, 0.2) is 5.13 Å². The van der Waals surface area contributed by atoms with Gasteiger partial charge in [-0.15, -0.1) is 11.3 Å². The van der Waals surface area contributed by atoms with Crippen LogP contribution in [0.2, 0.25) is 0 Å². The summed E-state index contributed by atoms with van der Waals surface area (Å²) in [6.45, 7) is 0. The summed E-state index contributed by atoms with van der Waals surface area (Å²) in [5, 5.41) is 1.63. The minimum Gasteiger partial charge on any atom is -0.369 e. The molecule has 1 fully saturated rings. The maximum Gasteiger partial charge on any atom is 0.237 e. The maximum absolute atomic E-state index is 11.6. The molecule has 1 aliphatic carbocycles. The van der Waals surface area contributed by atoms with Crippen LogP contribution in [0.1, 0.15) is 18.5 Å². The first-order valence-electron chi connectivity index (χ1n) is 4.72. The van der Waals surface area contributed by atoms with Gasteiger partial charge in [0.2, 0.25) is 15.9 Å². The smallest absolute Gasteiger partial charge is 0.237 e. The van der Waals surface area contributed by atoms with Crippen LogP contribution in [0.5, 0.6) is 0 Å². The fourth-order valence-corrected chi connectivity index (χ4v) is 3.50. The van der Waals surface area contributed by atoms with Gasteiger partial charge in [-0.3, -0.25) is 9.52 Å². The third kappa shape index (κ3) is 2.70. The lowest BCUT2D eigenvalue weighted by molar-refractivity contribution is -0.117. The fraction of sp³-hybridized carbons (Fsp3) is 0.500. The molecule has 0 spiro atoms. The van der Waals surface area contributed by atoms with Gasteiger partial charge in [-0.1, -0.05) is 0 Å². The topological polar surface area (TPSA) is 102 Å². The van der Waals surface area contributed by atoms with E-state index in [1.807, 2.05) is 0 Å². The molecule has 1 aliphatic rings. The lowest BCUT2D eigenvalue weighted by Gasteiger charge is -2.01. The molecule has 1 saturated carbocycles. The van der Waals surface area contributed by atoms with Crippen LogP contribution in [-0.2, 0) is 21.2 Å². The van der Waals surface area contributed by atoms with Crippen molar-refractivity contribution in [2.75, 3.05) is 4.72 Å². The Kier molecular flexibility index (Phi) is 2.85. The average molecular weight is 261 g/mol. The van der Waals surface area contributed by atoms with Crippen molar-refractivity contribution in [2.24, 2.45) is 5.73 Å². The summed E-state index contributed by atoms with van der Waals surface area (Å²) < 4.78 is 25.5. The van der Waals surface area contributed by atoms with Gasteiger partial charge in [-0.2, -0.15) is 0 Å². The molecular formula is C8H11N3O3S2. The molecule has 0 saturated heterocycles. The summed E-state index contributed by atoms with van der Waals surface area (Å²) in [6, 6.07) is 0. The van der Waals surface area contributed by atoms with E-state index in [0.717, 1.165) is 11.3 Å². The van der Waals surface area contributed by atoms with Crippen molar-refractivity contribution in [1.29, 1.82) is 0 Å². The van der Waals surface area contributed by atoms with E-state index in [4.69, 9.17) is 5.73 Å². The first kappa shape index (κ1) is 11.3. The highest BCUT2D eigenvalue weighted by Crippen LogP contribution is 2.30. The number of carbonyl (C=O) groups excluding carboxylic acids is 1. The number of nitrogens with one attached hydrogen (secondary N) is 1. The normalized spacial score (nSPS) is 16.0. The first-order valence-corrected chi connectivity index (χ1v) is 7.14. The van der Waals surface area contributed by atoms with Gasteiger partial charge in [0.05, 0.1) is 17.4 Å². The van der Waals surface area contributed by atoms with E-state index in [9.17, 15) is 13.2 Å². The van der Waals surface area contributed by atoms with E-state index < -0.39 is 15.9 Å². The number of sulfonamides is 1. The highest BCUT2D eigenvalue weighted by Gasteiger charge is 2.36. The van der Waals surface area contributed by atoms with E-state index >= 15 is 0 Å². The van der Waals surface area contributed by atoms with Gasteiger partial charge >= 0.3 is 0 Å². The van der Waals surface area contributed by atoms with Gasteiger partial charge < -0.3 is 5.73 Å².